The second-order valence-electron chi connectivity index (χ2n) is 3.78. The van der Waals surface area contributed by atoms with Crippen LogP contribution < -0.4 is 10.1 Å². The lowest BCUT2D eigenvalue weighted by Gasteiger charge is -2.08. The monoisotopic (exact) mass is 319 g/mol. The highest BCUT2D eigenvalue weighted by atomic mass is 35.5. The first-order valence-electron chi connectivity index (χ1n) is 5.68. The summed E-state index contributed by atoms with van der Waals surface area (Å²) in [7, 11) is 0. The van der Waals surface area contributed by atoms with Gasteiger partial charge in [-0.05, 0) is 24.3 Å². The minimum atomic E-state index is -0.519. The molecule has 0 saturated heterocycles. The number of hydrogen-bond acceptors (Lipinski definition) is 3. The normalized spacial score (nSPS) is 10.7. The minimum Gasteiger partial charge on any atom is -0.489 e. The summed E-state index contributed by atoms with van der Waals surface area (Å²) < 4.78 is 19.6. The average molecular weight is 320 g/mol. The molecule has 0 atom stereocenters. The molecule has 0 aliphatic heterocycles. The summed E-state index contributed by atoms with van der Waals surface area (Å²) >= 11 is 13.0. The van der Waals surface area contributed by atoms with Crippen molar-refractivity contribution in [2.45, 2.75) is 6.54 Å². The van der Waals surface area contributed by atoms with Crippen LogP contribution in [0.5, 0.6) is 5.75 Å². The van der Waals surface area contributed by atoms with Gasteiger partial charge < -0.3 is 10.1 Å². The summed E-state index contributed by atoms with van der Waals surface area (Å²) in [4.78, 5) is 1.15. The summed E-state index contributed by atoms with van der Waals surface area (Å²) in [5.41, 5.74) is 0. The van der Waals surface area contributed by atoms with Crippen molar-refractivity contribution >= 4 is 34.5 Å². The highest BCUT2D eigenvalue weighted by Crippen LogP contribution is 2.24. The maximum absolute atomic E-state index is 13.5. The van der Waals surface area contributed by atoms with E-state index in [4.69, 9.17) is 27.9 Å². The van der Waals surface area contributed by atoms with Crippen LogP contribution in [0.4, 0.5) is 4.39 Å². The third-order valence-electron chi connectivity index (χ3n) is 2.38. The van der Waals surface area contributed by atoms with E-state index in [0.717, 1.165) is 15.8 Å². The zero-order chi connectivity index (χ0) is 13.7. The summed E-state index contributed by atoms with van der Waals surface area (Å²) in [6.07, 6.45) is 0. The largest absolute Gasteiger partial charge is 0.489 e. The van der Waals surface area contributed by atoms with Gasteiger partial charge in [0, 0.05) is 18.0 Å². The molecule has 6 heteroatoms. The van der Waals surface area contributed by atoms with Gasteiger partial charge in [0.1, 0.15) is 6.61 Å². The second-order valence-corrected chi connectivity index (χ2v) is 5.99. The van der Waals surface area contributed by atoms with Crippen molar-refractivity contribution in [1.82, 2.24) is 5.32 Å². The first kappa shape index (κ1) is 14.6. The first-order chi connectivity index (χ1) is 9.16. The fourth-order valence-electron chi connectivity index (χ4n) is 1.49. The van der Waals surface area contributed by atoms with E-state index >= 15 is 0 Å². The Bertz CT molecular complexity index is 547. The summed E-state index contributed by atoms with van der Waals surface area (Å²) in [5.74, 6) is -0.345. The van der Waals surface area contributed by atoms with Gasteiger partial charge in [0.25, 0.3) is 0 Å². The highest BCUT2D eigenvalue weighted by molar-refractivity contribution is 7.16. The molecule has 2 nitrogen and oxygen atoms in total. The zero-order valence-electron chi connectivity index (χ0n) is 9.96. The Morgan fingerprint density at radius 1 is 1.21 bits per heavy atom. The van der Waals surface area contributed by atoms with E-state index in [9.17, 15) is 4.39 Å². The van der Waals surface area contributed by atoms with Crippen molar-refractivity contribution in [3.63, 3.8) is 0 Å². The van der Waals surface area contributed by atoms with Crippen LogP contribution >= 0.6 is 34.5 Å². The molecule has 1 aromatic carbocycles. The predicted octanol–water partition coefficient (Wildman–Crippen LogP) is 4.36. The molecule has 0 aliphatic carbocycles. The third-order valence-corrected chi connectivity index (χ3v) is 3.90. The van der Waals surface area contributed by atoms with Crippen molar-refractivity contribution in [2.75, 3.05) is 13.2 Å². The standard InChI is InChI=1S/C13H12Cl2FNOS/c14-10-2-1-3-11(13(10)16)18-7-6-17-8-9-4-5-12(15)19-9/h1-5,17H,6-8H2. The fourth-order valence-corrected chi connectivity index (χ4v) is 2.71. The van der Waals surface area contributed by atoms with Crippen LogP contribution in [0.25, 0.3) is 0 Å². The van der Waals surface area contributed by atoms with E-state index in [2.05, 4.69) is 5.32 Å². The van der Waals surface area contributed by atoms with Gasteiger partial charge in [0.2, 0.25) is 0 Å². The smallest absolute Gasteiger partial charge is 0.183 e. The molecule has 2 aromatic rings. The Kier molecular flexibility index (Phi) is 5.45. The van der Waals surface area contributed by atoms with E-state index < -0.39 is 5.82 Å². The van der Waals surface area contributed by atoms with E-state index in [1.165, 1.54) is 17.4 Å². The van der Waals surface area contributed by atoms with Crippen LogP contribution in [-0.4, -0.2) is 13.2 Å². The number of benzene rings is 1. The van der Waals surface area contributed by atoms with E-state index in [0.29, 0.717) is 13.2 Å². The average Bonchev–Trinajstić information content (AvgIpc) is 2.80. The van der Waals surface area contributed by atoms with Gasteiger partial charge in [-0.2, -0.15) is 0 Å². The van der Waals surface area contributed by atoms with Crippen LogP contribution in [0.1, 0.15) is 4.88 Å². The molecule has 0 unspecified atom stereocenters. The lowest BCUT2D eigenvalue weighted by molar-refractivity contribution is 0.298. The highest BCUT2D eigenvalue weighted by Gasteiger charge is 2.06. The van der Waals surface area contributed by atoms with E-state index in [1.807, 2.05) is 12.1 Å². The number of rotatable bonds is 6. The van der Waals surface area contributed by atoms with Gasteiger partial charge in [0.15, 0.2) is 11.6 Å². The van der Waals surface area contributed by atoms with Crippen molar-refractivity contribution in [3.05, 3.63) is 50.4 Å². The summed E-state index contributed by atoms with van der Waals surface area (Å²) in [6, 6.07) is 8.53. The van der Waals surface area contributed by atoms with Crippen molar-refractivity contribution in [3.8, 4) is 5.75 Å². The van der Waals surface area contributed by atoms with Crippen molar-refractivity contribution < 1.29 is 9.13 Å². The number of nitrogens with one attached hydrogen (secondary N) is 1. The number of hydrogen-bond donors (Lipinski definition) is 1. The first-order valence-corrected chi connectivity index (χ1v) is 7.26. The molecule has 1 heterocycles. The van der Waals surface area contributed by atoms with E-state index in [-0.39, 0.29) is 10.8 Å². The van der Waals surface area contributed by atoms with Gasteiger partial charge in [0.05, 0.1) is 9.36 Å². The lowest BCUT2D eigenvalue weighted by Crippen LogP contribution is -2.20. The van der Waals surface area contributed by atoms with Gasteiger partial charge in [-0.1, -0.05) is 29.3 Å². The quantitative estimate of drug-likeness (QED) is 0.799. The molecular formula is C13H12Cl2FNOS. The molecule has 0 spiro atoms. The van der Waals surface area contributed by atoms with Gasteiger partial charge in [-0.3, -0.25) is 0 Å². The molecule has 0 radical (unpaired) electrons. The molecular weight excluding hydrogens is 308 g/mol. The molecule has 0 saturated carbocycles. The third kappa shape index (κ3) is 4.35. The SMILES string of the molecule is Fc1c(Cl)cccc1OCCNCc1ccc(Cl)s1. The molecule has 19 heavy (non-hydrogen) atoms. The molecule has 1 N–H and O–H groups in total. The minimum absolute atomic E-state index is 0.0682. The van der Waals surface area contributed by atoms with Crippen molar-refractivity contribution in [2.24, 2.45) is 0 Å². The van der Waals surface area contributed by atoms with Crippen LogP contribution in [0, 0.1) is 5.82 Å². The van der Waals surface area contributed by atoms with E-state index in [1.54, 1.807) is 12.1 Å². The van der Waals surface area contributed by atoms with Gasteiger partial charge in [-0.15, -0.1) is 11.3 Å². The second kappa shape index (κ2) is 7.10. The topological polar surface area (TPSA) is 21.3 Å². The molecule has 2 rings (SSSR count). The van der Waals surface area contributed by atoms with Gasteiger partial charge >= 0.3 is 0 Å². The lowest BCUT2D eigenvalue weighted by atomic mass is 10.3. The maximum atomic E-state index is 13.5. The Balaban J connectivity index is 1.71. The van der Waals surface area contributed by atoms with Crippen molar-refractivity contribution in [1.29, 1.82) is 0 Å². The Hall–Kier alpha value is -0.810. The van der Waals surface area contributed by atoms with Crippen LogP contribution in [-0.2, 0) is 6.54 Å². The number of ether oxygens (including phenoxy) is 1. The van der Waals surface area contributed by atoms with Crippen LogP contribution in [0.15, 0.2) is 30.3 Å². The summed E-state index contributed by atoms with van der Waals surface area (Å²) in [5, 5.41) is 3.26. The number of halogens is 3. The Morgan fingerprint density at radius 2 is 2.05 bits per heavy atom. The molecule has 0 amide bonds. The molecule has 102 valence electrons. The van der Waals surface area contributed by atoms with Crippen LogP contribution in [0.2, 0.25) is 9.36 Å². The Labute approximate surface area is 125 Å². The van der Waals surface area contributed by atoms with Crippen LogP contribution in [0.3, 0.4) is 0 Å². The maximum Gasteiger partial charge on any atom is 0.183 e. The predicted molar refractivity (Wildman–Crippen MR) is 77.9 cm³/mol. The molecule has 1 aromatic heterocycles. The number of thiophene rings is 1. The van der Waals surface area contributed by atoms with Gasteiger partial charge in [-0.25, -0.2) is 4.39 Å². The fraction of sp³-hybridized carbons (Fsp3) is 0.231. The molecule has 0 aliphatic rings. The molecule has 0 fully saturated rings. The summed E-state index contributed by atoms with van der Waals surface area (Å²) in [6.45, 7) is 1.70. The zero-order valence-corrected chi connectivity index (χ0v) is 12.3. The molecule has 0 bridgehead atoms. The Morgan fingerprint density at radius 3 is 2.79 bits per heavy atom.